The number of aromatic amines is 1. The molecule has 0 bridgehead atoms. The fraction of sp³-hybridized carbons (Fsp3) is 0.562. The number of halogens is 1. The summed E-state index contributed by atoms with van der Waals surface area (Å²) in [5, 5.41) is 0. The number of rotatable bonds is 3. The molecule has 0 saturated heterocycles. The van der Waals surface area contributed by atoms with Crippen LogP contribution in [0, 0.1) is 20.2 Å². The zero-order valence-corrected chi connectivity index (χ0v) is 14.8. The molecule has 0 atom stereocenters. The van der Waals surface area contributed by atoms with Gasteiger partial charge in [0.25, 0.3) is 0 Å². The monoisotopic (exact) mass is 400 g/mol. The van der Waals surface area contributed by atoms with E-state index < -0.39 is 0 Å². The van der Waals surface area contributed by atoms with Crippen LogP contribution in [0.15, 0.2) is 18.2 Å². The van der Waals surface area contributed by atoms with Crippen molar-refractivity contribution >= 4 is 45.8 Å². The van der Waals surface area contributed by atoms with Crippen molar-refractivity contribution in [3.05, 3.63) is 26.5 Å². The molecule has 0 unspecified atom stereocenters. The van der Waals surface area contributed by atoms with Gasteiger partial charge in [0.15, 0.2) is 4.77 Å². The first-order chi connectivity index (χ1) is 9.63. The molecule has 1 fully saturated rings. The van der Waals surface area contributed by atoms with Crippen molar-refractivity contribution in [3.63, 3.8) is 0 Å². The van der Waals surface area contributed by atoms with Crippen molar-refractivity contribution in [1.29, 1.82) is 0 Å². The Bertz CT molecular complexity index is 650. The fourth-order valence-electron chi connectivity index (χ4n) is 3.29. The van der Waals surface area contributed by atoms with Gasteiger partial charge in [-0.15, -0.1) is 0 Å². The molecule has 108 valence electrons. The number of hydrogen-bond acceptors (Lipinski definition) is 1. The van der Waals surface area contributed by atoms with Crippen LogP contribution in [0.4, 0.5) is 0 Å². The van der Waals surface area contributed by atoms with Gasteiger partial charge in [0.2, 0.25) is 0 Å². The first-order valence-electron chi connectivity index (χ1n) is 7.51. The Labute approximate surface area is 139 Å². The van der Waals surface area contributed by atoms with Gasteiger partial charge in [-0.25, -0.2) is 0 Å². The normalized spacial score (nSPS) is 23.3. The lowest BCUT2D eigenvalue weighted by Crippen LogP contribution is -2.14. The van der Waals surface area contributed by atoms with Crippen molar-refractivity contribution in [2.24, 2.45) is 11.8 Å². The van der Waals surface area contributed by atoms with E-state index in [4.69, 9.17) is 12.2 Å². The summed E-state index contributed by atoms with van der Waals surface area (Å²) in [7, 11) is 0. The molecule has 20 heavy (non-hydrogen) atoms. The lowest BCUT2D eigenvalue weighted by atomic mass is 9.81. The van der Waals surface area contributed by atoms with E-state index in [-0.39, 0.29) is 0 Å². The van der Waals surface area contributed by atoms with Gasteiger partial charge in [-0.05, 0) is 71.3 Å². The summed E-state index contributed by atoms with van der Waals surface area (Å²) in [6.45, 7) is 3.44. The summed E-state index contributed by atoms with van der Waals surface area (Å²) in [6.07, 6.45) is 6.87. The standard InChI is InChI=1S/C16H21IN2S/c1-11-2-4-12(5-3-11)8-9-19-15-7-6-13(17)10-14(15)18-16(19)20/h6-7,10-12H,2-5,8-9H2,1H3,(H,18,20). The summed E-state index contributed by atoms with van der Waals surface area (Å²) < 4.78 is 4.39. The van der Waals surface area contributed by atoms with Crippen LogP contribution in [-0.4, -0.2) is 9.55 Å². The molecule has 2 aromatic rings. The van der Waals surface area contributed by atoms with E-state index in [9.17, 15) is 0 Å². The molecule has 0 amide bonds. The molecular weight excluding hydrogens is 379 g/mol. The number of hydrogen-bond donors (Lipinski definition) is 1. The highest BCUT2D eigenvalue weighted by atomic mass is 127. The molecule has 4 heteroatoms. The van der Waals surface area contributed by atoms with Gasteiger partial charge in [0, 0.05) is 10.1 Å². The minimum Gasteiger partial charge on any atom is -0.331 e. The van der Waals surface area contributed by atoms with Gasteiger partial charge >= 0.3 is 0 Å². The highest BCUT2D eigenvalue weighted by Gasteiger charge is 2.18. The molecule has 1 aromatic carbocycles. The van der Waals surface area contributed by atoms with Crippen LogP contribution in [0.1, 0.15) is 39.0 Å². The molecule has 0 radical (unpaired) electrons. The van der Waals surface area contributed by atoms with Crippen molar-refractivity contribution in [1.82, 2.24) is 9.55 Å². The van der Waals surface area contributed by atoms with Gasteiger partial charge in [0.1, 0.15) is 0 Å². The smallest absolute Gasteiger partial charge is 0.178 e. The maximum absolute atomic E-state index is 5.49. The Balaban J connectivity index is 1.74. The van der Waals surface area contributed by atoms with E-state index in [1.54, 1.807) is 0 Å². The summed E-state index contributed by atoms with van der Waals surface area (Å²) in [4.78, 5) is 3.34. The quantitative estimate of drug-likeness (QED) is 0.532. The third-order valence-electron chi connectivity index (χ3n) is 4.63. The summed E-state index contributed by atoms with van der Waals surface area (Å²) in [6, 6.07) is 6.52. The molecule has 1 saturated carbocycles. The zero-order valence-electron chi connectivity index (χ0n) is 11.9. The average Bonchev–Trinajstić information content (AvgIpc) is 2.73. The maximum Gasteiger partial charge on any atom is 0.178 e. The second-order valence-corrected chi connectivity index (χ2v) is 7.79. The van der Waals surface area contributed by atoms with Crippen LogP contribution < -0.4 is 0 Å². The number of aryl methyl sites for hydroxylation is 1. The van der Waals surface area contributed by atoms with Crippen LogP contribution in [0.3, 0.4) is 0 Å². The molecular formula is C16H21IN2S. The number of aromatic nitrogens is 2. The van der Waals surface area contributed by atoms with Crippen molar-refractivity contribution in [2.75, 3.05) is 0 Å². The van der Waals surface area contributed by atoms with Crippen molar-refractivity contribution in [3.8, 4) is 0 Å². The predicted octanol–water partition coefficient (Wildman–Crippen LogP) is 5.52. The van der Waals surface area contributed by atoms with E-state index in [0.29, 0.717) is 0 Å². The lowest BCUT2D eigenvalue weighted by molar-refractivity contribution is 0.269. The highest BCUT2D eigenvalue weighted by Crippen LogP contribution is 2.31. The summed E-state index contributed by atoms with van der Waals surface area (Å²) >= 11 is 7.83. The van der Waals surface area contributed by atoms with Crippen LogP contribution in [-0.2, 0) is 6.54 Å². The number of H-pyrrole nitrogens is 1. The van der Waals surface area contributed by atoms with Gasteiger partial charge < -0.3 is 9.55 Å². The molecule has 0 aliphatic heterocycles. The van der Waals surface area contributed by atoms with E-state index in [2.05, 4.69) is 57.3 Å². The fourth-order valence-corrected chi connectivity index (χ4v) is 4.08. The Kier molecular flexibility index (Phi) is 4.50. The molecule has 1 heterocycles. The van der Waals surface area contributed by atoms with Crippen molar-refractivity contribution < 1.29 is 0 Å². The van der Waals surface area contributed by atoms with E-state index in [0.717, 1.165) is 23.2 Å². The molecule has 3 rings (SSSR count). The SMILES string of the molecule is CC1CCC(CCn2c(=S)[nH]c3cc(I)ccc32)CC1. The third-order valence-corrected chi connectivity index (χ3v) is 5.63. The number of nitrogens with zero attached hydrogens (tertiary/aromatic N) is 1. The number of nitrogens with one attached hydrogen (secondary N) is 1. The number of fused-ring (bicyclic) bond motifs is 1. The molecule has 1 aliphatic carbocycles. The second kappa shape index (κ2) is 6.18. The minimum atomic E-state index is 0.867. The summed E-state index contributed by atoms with van der Waals surface area (Å²) in [5.74, 6) is 1.82. The predicted molar refractivity (Wildman–Crippen MR) is 95.6 cm³/mol. The largest absolute Gasteiger partial charge is 0.331 e. The molecule has 2 nitrogen and oxygen atoms in total. The average molecular weight is 400 g/mol. The molecule has 1 N–H and O–H groups in total. The van der Waals surface area contributed by atoms with Crippen LogP contribution >= 0.6 is 34.8 Å². The Hall–Kier alpha value is -0.360. The molecule has 0 spiro atoms. The van der Waals surface area contributed by atoms with Crippen LogP contribution in [0.25, 0.3) is 11.0 Å². The van der Waals surface area contributed by atoms with Crippen molar-refractivity contribution in [2.45, 2.75) is 45.6 Å². The van der Waals surface area contributed by atoms with Crippen LogP contribution in [0.2, 0.25) is 0 Å². The Morgan fingerprint density at radius 1 is 1.30 bits per heavy atom. The molecule has 1 aromatic heterocycles. The third kappa shape index (κ3) is 3.11. The zero-order chi connectivity index (χ0) is 14.1. The Morgan fingerprint density at radius 2 is 2.05 bits per heavy atom. The second-order valence-electron chi connectivity index (χ2n) is 6.16. The van der Waals surface area contributed by atoms with Gasteiger partial charge in [-0.1, -0.05) is 32.6 Å². The van der Waals surface area contributed by atoms with Gasteiger partial charge in [-0.2, -0.15) is 0 Å². The Morgan fingerprint density at radius 3 is 2.80 bits per heavy atom. The van der Waals surface area contributed by atoms with E-state index >= 15 is 0 Å². The number of benzene rings is 1. The lowest BCUT2D eigenvalue weighted by Gasteiger charge is -2.26. The van der Waals surface area contributed by atoms with Crippen LogP contribution in [0.5, 0.6) is 0 Å². The first-order valence-corrected chi connectivity index (χ1v) is 9.00. The van der Waals surface area contributed by atoms with Gasteiger partial charge in [0.05, 0.1) is 11.0 Å². The summed E-state index contributed by atoms with van der Waals surface area (Å²) in [5.41, 5.74) is 2.42. The first kappa shape index (κ1) is 14.6. The molecule has 1 aliphatic rings. The maximum atomic E-state index is 5.49. The topological polar surface area (TPSA) is 20.7 Å². The highest BCUT2D eigenvalue weighted by molar-refractivity contribution is 14.1. The number of imidazole rings is 1. The van der Waals surface area contributed by atoms with E-state index in [1.165, 1.54) is 46.7 Å². The van der Waals surface area contributed by atoms with Gasteiger partial charge in [-0.3, -0.25) is 0 Å². The minimum absolute atomic E-state index is 0.867. The van der Waals surface area contributed by atoms with E-state index in [1.807, 2.05) is 0 Å².